The zero-order chi connectivity index (χ0) is 14.7. The molecule has 0 bridgehead atoms. The van der Waals surface area contributed by atoms with Gasteiger partial charge >= 0.3 is 5.69 Å². The van der Waals surface area contributed by atoms with Crippen LogP contribution in [0.5, 0.6) is 0 Å². The van der Waals surface area contributed by atoms with Crippen molar-refractivity contribution in [2.45, 2.75) is 38.1 Å². The quantitative estimate of drug-likeness (QED) is 0.463. The van der Waals surface area contributed by atoms with Crippen LogP contribution in [0.15, 0.2) is 20.9 Å². The fourth-order valence-corrected chi connectivity index (χ4v) is 2.26. The zero-order valence-corrected chi connectivity index (χ0v) is 10.9. The third kappa shape index (κ3) is 2.74. The number of H-pyrrole nitrogens is 1. The lowest BCUT2D eigenvalue weighted by Gasteiger charge is -2.15. The van der Waals surface area contributed by atoms with Crippen LogP contribution in [0, 0.1) is 6.92 Å². The first-order valence-corrected chi connectivity index (χ1v) is 6.19. The summed E-state index contributed by atoms with van der Waals surface area (Å²) in [5.41, 5.74) is 7.90. The normalized spacial score (nSPS) is 25.4. The Morgan fingerprint density at radius 1 is 1.65 bits per heavy atom. The fraction of sp³-hybridized carbons (Fsp3) is 0.636. The molecule has 1 fully saturated rings. The average molecular weight is 281 g/mol. The minimum Gasteiger partial charge on any atom is -0.396 e. The summed E-state index contributed by atoms with van der Waals surface area (Å²) in [6, 6.07) is -0.448. The van der Waals surface area contributed by atoms with Gasteiger partial charge in [0, 0.05) is 29.7 Å². The van der Waals surface area contributed by atoms with Crippen LogP contribution in [0.2, 0.25) is 0 Å². The highest BCUT2D eigenvalue weighted by molar-refractivity contribution is 5.02. The van der Waals surface area contributed by atoms with Crippen molar-refractivity contribution in [1.29, 1.82) is 0 Å². The monoisotopic (exact) mass is 281 g/mol. The van der Waals surface area contributed by atoms with Gasteiger partial charge in [0.2, 0.25) is 0 Å². The van der Waals surface area contributed by atoms with Crippen LogP contribution in [-0.4, -0.2) is 33.4 Å². The molecule has 9 nitrogen and oxygen atoms in total. The highest BCUT2D eigenvalue weighted by Crippen LogP contribution is 2.31. The summed E-state index contributed by atoms with van der Waals surface area (Å²) in [6.45, 7) is 1.48. The van der Waals surface area contributed by atoms with E-state index in [9.17, 15) is 9.59 Å². The van der Waals surface area contributed by atoms with E-state index in [1.165, 1.54) is 10.8 Å². The standard InChI is InChI=1S/C11H15N5O4/c1-6-5-16(11(19)13-10(6)18)9-4-7(14-15-12)8(20-9)2-3-17/h5,7-9,17H,2-4H2,1H3,(H,13,18,19)/t7-,8+,9+/m0/s1. The van der Waals surface area contributed by atoms with Crippen molar-refractivity contribution in [3.05, 3.63) is 43.0 Å². The Kier molecular flexibility index (Phi) is 4.23. The highest BCUT2D eigenvalue weighted by atomic mass is 16.5. The molecule has 1 aliphatic rings. The molecule has 2 N–H and O–H groups in total. The largest absolute Gasteiger partial charge is 0.396 e. The first-order valence-electron chi connectivity index (χ1n) is 6.19. The number of aliphatic hydroxyl groups excluding tert-OH is 1. The van der Waals surface area contributed by atoms with Gasteiger partial charge in [-0.2, -0.15) is 0 Å². The second-order valence-corrected chi connectivity index (χ2v) is 4.63. The van der Waals surface area contributed by atoms with Gasteiger partial charge < -0.3 is 9.84 Å². The van der Waals surface area contributed by atoms with Gasteiger partial charge in [0.25, 0.3) is 5.56 Å². The minimum atomic E-state index is -0.620. The molecular weight excluding hydrogens is 266 g/mol. The smallest absolute Gasteiger partial charge is 0.330 e. The zero-order valence-electron chi connectivity index (χ0n) is 10.9. The number of aromatic amines is 1. The van der Waals surface area contributed by atoms with Gasteiger partial charge in [-0.3, -0.25) is 14.3 Å². The summed E-state index contributed by atoms with van der Waals surface area (Å²) in [7, 11) is 0. The summed E-state index contributed by atoms with van der Waals surface area (Å²) in [4.78, 5) is 28.1. The number of hydrogen-bond donors (Lipinski definition) is 2. The van der Waals surface area contributed by atoms with E-state index in [1.807, 2.05) is 0 Å². The number of aromatic nitrogens is 2. The van der Waals surface area contributed by atoms with Crippen LogP contribution < -0.4 is 11.2 Å². The maximum Gasteiger partial charge on any atom is 0.330 e. The Morgan fingerprint density at radius 2 is 2.40 bits per heavy atom. The van der Waals surface area contributed by atoms with Gasteiger partial charge in [-0.1, -0.05) is 5.11 Å². The Labute approximate surface area is 113 Å². The summed E-state index contributed by atoms with van der Waals surface area (Å²) in [5, 5.41) is 12.6. The Hall–Kier alpha value is -2.09. The molecule has 0 amide bonds. The summed E-state index contributed by atoms with van der Waals surface area (Å²) < 4.78 is 6.92. The number of aliphatic hydroxyl groups is 1. The van der Waals surface area contributed by atoms with Crippen LogP contribution >= 0.6 is 0 Å². The van der Waals surface area contributed by atoms with Crippen molar-refractivity contribution in [1.82, 2.24) is 9.55 Å². The van der Waals surface area contributed by atoms with Gasteiger partial charge in [0.15, 0.2) is 0 Å². The van der Waals surface area contributed by atoms with E-state index in [-0.39, 0.29) is 6.61 Å². The van der Waals surface area contributed by atoms with E-state index in [2.05, 4.69) is 15.0 Å². The van der Waals surface area contributed by atoms with Gasteiger partial charge in [0.05, 0.1) is 12.1 Å². The first-order chi connectivity index (χ1) is 9.56. The molecule has 0 spiro atoms. The van der Waals surface area contributed by atoms with Crippen LogP contribution in [0.25, 0.3) is 10.4 Å². The van der Waals surface area contributed by atoms with Crippen molar-refractivity contribution in [3.8, 4) is 0 Å². The SMILES string of the molecule is Cc1cn([C@H]2C[C@H](N=[N+]=[N-])[C@@H](CCO)O2)c(=O)[nH]c1=O. The molecule has 20 heavy (non-hydrogen) atoms. The topological polar surface area (TPSA) is 133 Å². The third-order valence-corrected chi connectivity index (χ3v) is 3.27. The van der Waals surface area contributed by atoms with E-state index in [0.29, 0.717) is 18.4 Å². The molecule has 0 aromatic carbocycles. The van der Waals surface area contributed by atoms with Gasteiger partial charge in [-0.05, 0) is 18.9 Å². The Balaban J connectivity index is 2.31. The summed E-state index contributed by atoms with van der Waals surface area (Å²) in [6.07, 6.45) is 0.989. The summed E-state index contributed by atoms with van der Waals surface area (Å²) in [5.74, 6) is 0. The van der Waals surface area contributed by atoms with Crippen molar-refractivity contribution in [3.63, 3.8) is 0 Å². The number of nitrogens with one attached hydrogen (secondary N) is 1. The van der Waals surface area contributed by atoms with Crippen LogP contribution in [-0.2, 0) is 4.74 Å². The molecule has 0 unspecified atom stereocenters. The molecule has 1 aromatic rings. The number of hydrogen-bond acceptors (Lipinski definition) is 5. The summed E-state index contributed by atoms with van der Waals surface area (Å²) >= 11 is 0. The molecule has 1 aliphatic heterocycles. The van der Waals surface area contributed by atoms with Crippen LogP contribution in [0.1, 0.15) is 24.6 Å². The van der Waals surface area contributed by atoms with Crippen LogP contribution in [0.3, 0.4) is 0 Å². The highest BCUT2D eigenvalue weighted by Gasteiger charge is 2.35. The lowest BCUT2D eigenvalue weighted by atomic mass is 10.1. The number of aryl methyl sites for hydroxylation is 1. The molecule has 0 aliphatic carbocycles. The molecule has 1 saturated heterocycles. The predicted octanol–water partition coefficient (Wildman–Crippen LogP) is 0.194. The van der Waals surface area contributed by atoms with Crippen molar-refractivity contribution < 1.29 is 9.84 Å². The molecule has 3 atom stereocenters. The van der Waals surface area contributed by atoms with Crippen molar-refractivity contribution in [2.24, 2.45) is 5.11 Å². The van der Waals surface area contributed by atoms with Gasteiger partial charge in [-0.15, -0.1) is 0 Å². The van der Waals surface area contributed by atoms with E-state index in [4.69, 9.17) is 15.4 Å². The number of rotatable bonds is 4. The maximum absolute atomic E-state index is 11.8. The Bertz CT molecular complexity index is 645. The molecule has 0 saturated carbocycles. The predicted molar refractivity (Wildman–Crippen MR) is 69.2 cm³/mol. The lowest BCUT2D eigenvalue weighted by Crippen LogP contribution is -2.33. The molecule has 0 radical (unpaired) electrons. The van der Waals surface area contributed by atoms with Crippen molar-refractivity contribution >= 4 is 0 Å². The van der Waals surface area contributed by atoms with Gasteiger partial charge in [-0.25, -0.2) is 4.79 Å². The van der Waals surface area contributed by atoms with E-state index in [1.54, 1.807) is 6.92 Å². The third-order valence-electron chi connectivity index (χ3n) is 3.27. The number of ether oxygens (including phenoxy) is 1. The van der Waals surface area contributed by atoms with E-state index < -0.39 is 29.6 Å². The molecule has 2 rings (SSSR count). The molecule has 2 heterocycles. The lowest BCUT2D eigenvalue weighted by molar-refractivity contribution is -0.0125. The first kappa shape index (κ1) is 14.3. The second-order valence-electron chi connectivity index (χ2n) is 4.63. The molecule has 9 heteroatoms. The number of azide groups is 1. The van der Waals surface area contributed by atoms with Crippen molar-refractivity contribution in [2.75, 3.05) is 6.61 Å². The molecule has 1 aromatic heterocycles. The average Bonchev–Trinajstić information content (AvgIpc) is 2.78. The minimum absolute atomic E-state index is 0.103. The van der Waals surface area contributed by atoms with Gasteiger partial charge in [0.1, 0.15) is 6.23 Å². The van der Waals surface area contributed by atoms with E-state index in [0.717, 1.165) is 0 Å². The number of nitrogens with zero attached hydrogens (tertiary/aromatic N) is 4. The van der Waals surface area contributed by atoms with E-state index >= 15 is 0 Å². The Morgan fingerprint density at radius 3 is 3.05 bits per heavy atom. The fourth-order valence-electron chi connectivity index (χ4n) is 2.26. The molecule has 108 valence electrons. The molecular formula is C11H15N5O4. The van der Waals surface area contributed by atoms with Crippen LogP contribution in [0.4, 0.5) is 0 Å². The maximum atomic E-state index is 11.8. The second kappa shape index (κ2) is 5.91.